The highest BCUT2D eigenvalue weighted by molar-refractivity contribution is 5.95. The van der Waals surface area contributed by atoms with Gasteiger partial charge in [0.25, 0.3) is 5.91 Å². The van der Waals surface area contributed by atoms with E-state index in [1.54, 1.807) is 0 Å². The Balaban J connectivity index is 2.03. The molecule has 1 amide bonds. The molecule has 4 nitrogen and oxygen atoms in total. The number of amides is 1. The van der Waals surface area contributed by atoms with Crippen LogP contribution >= 0.6 is 0 Å². The minimum atomic E-state index is 0.114. The van der Waals surface area contributed by atoms with Gasteiger partial charge in [-0.05, 0) is 37.5 Å². The first-order chi connectivity index (χ1) is 10.1. The van der Waals surface area contributed by atoms with Gasteiger partial charge in [-0.15, -0.1) is 0 Å². The van der Waals surface area contributed by atoms with Crippen LogP contribution in [-0.2, 0) is 4.74 Å². The van der Waals surface area contributed by atoms with Crippen molar-refractivity contribution in [2.24, 2.45) is 0 Å². The van der Waals surface area contributed by atoms with Crippen molar-refractivity contribution in [3.8, 4) is 0 Å². The Morgan fingerprint density at radius 3 is 2.95 bits per heavy atom. The molecule has 0 aromatic heterocycles. The molecule has 1 aliphatic rings. The summed E-state index contributed by atoms with van der Waals surface area (Å²) in [7, 11) is 3.97. The molecule has 0 bridgehead atoms. The molecule has 1 fully saturated rings. The SMILES string of the molecule is CCCOC1CCCN(C(=O)c2cccc(N(C)C)c2)C1. The number of likely N-dealkylation sites (tertiary alicyclic amines) is 1. The van der Waals surface area contributed by atoms with Crippen LogP contribution in [-0.4, -0.2) is 50.7 Å². The van der Waals surface area contributed by atoms with Crippen LogP contribution < -0.4 is 4.90 Å². The molecule has 21 heavy (non-hydrogen) atoms. The van der Waals surface area contributed by atoms with Crippen LogP contribution in [0.4, 0.5) is 5.69 Å². The molecule has 0 saturated carbocycles. The lowest BCUT2D eigenvalue weighted by molar-refractivity contribution is 0.00211. The van der Waals surface area contributed by atoms with E-state index in [1.807, 2.05) is 48.2 Å². The molecule has 1 aliphatic heterocycles. The monoisotopic (exact) mass is 290 g/mol. The summed E-state index contributed by atoms with van der Waals surface area (Å²) in [6, 6.07) is 7.81. The van der Waals surface area contributed by atoms with E-state index in [-0.39, 0.29) is 12.0 Å². The molecular formula is C17H26N2O2. The van der Waals surface area contributed by atoms with Gasteiger partial charge >= 0.3 is 0 Å². The van der Waals surface area contributed by atoms with E-state index < -0.39 is 0 Å². The maximum atomic E-state index is 12.6. The summed E-state index contributed by atoms with van der Waals surface area (Å²) in [5, 5.41) is 0. The van der Waals surface area contributed by atoms with E-state index in [1.165, 1.54) is 0 Å². The molecule has 0 aliphatic carbocycles. The molecule has 1 atom stereocenters. The molecular weight excluding hydrogens is 264 g/mol. The summed E-state index contributed by atoms with van der Waals surface area (Å²) in [5.74, 6) is 0.114. The van der Waals surface area contributed by atoms with Gasteiger partial charge in [0, 0.05) is 45.0 Å². The number of rotatable bonds is 5. The third kappa shape index (κ3) is 4.21. The standard InChI is InChI=1S/C17H26N2O2/c1-4-11-21-16-9-6-10-19(13-16)17(20)14-7-5-8-15(12-14)18(2)3/h5,7-8,12,16H,4,6,9-11,13H2,1-3H3. The van der Waals surface area contributed by atoms with Gasteiger partial charge in [0.05, 0.1) is 6.10 Å². The molecule has 1 aromatic rings. The van der Waals surface area contributed by atoms with Crippen LogP contribution in [0, 0.1) is 0 Å². The fourth-order valence-electron chi connectivity index (χ4n) is 2.64. The van der Waals surface area contributed by atoms with Gasteiger partial charge < -0.3 is 14.5 Å². The Morgan fingerprint density at radius 1 is 1.43 bits per heavy atom. The Morgan fingerprint density at radius 2 is 2.24 bits per heavy atom. The zero-order valence-electron chi connectivity index (χ0n) is 13.3. The second-order valence-electron chi connectivity index (χ2n) is 5.83. The van der Waals surface area contributed by atoms with E-state index in [0.29, 0.717) is 6.54 Å². The van der Waals surface area contributed by atoms with Gasteiger partial charge in [-0.2, -0.15) is 0 Å². The fourth-order valence-corrected chi connectivity index (χ4v) is 2.64. The molecule has 116 valence electrons. The minimum Gasteiger partial charge on any atom is -0.378 e. The fraction of sp³-hybridized carbons (Fsp3) is 0.588. The maximum absolute atomic E-state index is 12.6. The second-order valence-corrected chi connectivity index (χ2v) is 5.83. The van der Waals surface area contributed by atoms with Gasteiger partial charge in [-0.25, -0.2) is 0 Å². The number of piperidine rings is 1. The minimum absolute atomic E-state index is 0.114. The van der Waals surface area contributed by atoms with Crippen molar-refractivity contribution in [3.05, 3.63) is 29.8 Å². The predicted octanol–water partition coefficient (Wildman–Crippen LogP) is 2.78. The molecule has 2 rings (SSSR count). The first-order valence-corrected chi connectivity index (χ1v) is 7.80. The highest BCUT2D eigenvalue weighted by atomic mass is 16.5. The Hall–Kier alpha value is -1.55. The van der Waals surface area contributed by atoms with E-state index in [0.717, 1.165) is 43.7 Å². The quantitative estimate of drug-likeness (QED) is 0.836. The Bertz CT molecular complexity index is 474. The Kier molecular flexibility index (Phi) is 5.62. The first-order valence-electron chi connectivity index (χ1n) is 7.80. The smallest absolute Gasteiger partial charge is 0.254 e. The number of anilines is 1. The number of hydrogen-bond acceptors (Lipinski definition) is 3. The molecule has 0 N–H and O–H groups in total. The highest BCUT2D eigenvalue weighted by Gasteiger charge is 2.24. The number of benzene rings is 1. The zero-order chi connectivity index (χ0) is 15.2. The predicted molar refractivity (Wildman–Crippen MR) is 85.9 cm³/mol. The molecule has 0 radical (unpaired) electrons. The van der Waals surface area contributed by atoms with E-state index in [9.17, 15) is 4.79 Å². The number of ether oxygens (including phenoxy) is 1. The van der Waals surface area contributed by atoms with Crippen molar-refractivity contribution in [1.82, 2.24) is 4.90 Å². The van der Waals surface area contributed by atoms with Gasteiger partial charge in [0.2, 0.25) is 0 Å². The summed E-state index contributed by atoms with van der Waals surface area (Å²) in [6.45, 7) is 4.43. The Labute approximate surface area is 127 Å². The summed E-state index contributed by atoms with van der Waals surface area (Å²) in [6.07, 6.45) is 3.30. The van der Waals surface area contributed by atoms with Crippen molar-refractivity contribution in [2.75, 3.05) is 38.7 Å². The summed E-state index contributed by atoms with van der Waals surface area (Å²) in [4.78, 5) is 16.6. The first kappa shape index (κ1) is 15.8. The van der Waals surface area contributed by atoms with Crippen LogP contribution in [0.15, 0.2) is 24.3 Å². The highest BCUT2D eigenvalue weighted by Crippen LogP contribution is 2.19. The molecule has 1 saturated heterocycles. The third-order valence-electron chi connectivity index (χ3n) is 3.83. The molecule has 1 aromatic carbocycles. The molecule has 0 spiro atoms. The van der Waals surface area contributed by atoms with E-state index in [2.05, 4.69) is 6.92 Å². The third-order valence-corrected chi connectivity index (χ3v) is 3.83. The lowest BCUT2D eigenvalue weighted by Gasteiger charge is -2.33. The van der Waals surface area contributed by atoms with E-state index in [4.69, 9.17) is 4.74 Å². The van der Waals surface area contributed by atoms with Crippen LogP contribution in [0.5, 0.6) is 0 Å². The average Bonchev–Trinajstić information content (AvgIpc) is 2.52. The van der Waals surface area contributed by atoms with Crippen LogP contribution in [0.1, 0.15) is 36.5 Å². The number of nitrogens with zero attached hydrogens (tertiary/aromatic N) is 2. The lowest BCUT2D eigenvalue weighted by Crippen LogP contribution is -2.43. The van der Waals surface area contributed by atoms with Crippen molar-refractivity contribution in [3.63, 3.8) is 0 Å². The molecule has 1 unspecified atom stereocenters. The van der Waals surface area contributed by atoms with Gasteiger partial charge in [0.1, 0.15) is 0 Å². The van der Waals surface area contributed by atoms with Crippen LogP contribution in [0.3, 0.4) is 0 Å². The number of carbonyl (C=O) groups excluding carboxylic acids is 1. The van der Waals surface area contributed by atoms with Crippen molar-refractivity contribution >= 4 is 11.6 Å². The summed E-state index contributed by atoms with van der Waals surface area (Å²) in [5.41, 5.74) is 1.81. The number of hydrogen-bond donors (Lipinski definition) is 0. The maximum Gasteiger partial charge on any atom is 0.254 e. The van der Waals surface area contributed by atoms with E-state index >= 15 is 0 Å². The van der Waals surface area contributed by atoms with Gasteiger partial charge in [0.15, 0.2) is 0 Å². The summed E-state index contributed by atoms with van der Waals surface area (Å²) >= 11 is 0. The normalized spacial score (nSPS) is 18.6. The van der Waals surface area contributed by atoms with Crippen LogP contribution in [0.25, 0.3) is 0 Å². The molecule has 4 heteroatoms. The van der Waals surface area contributed by atoms with Crippen molar-refractivity contribution < 1.29 is 9.53 Å². The second kappa shape index (κ2) is 7.46. The zero-order valence-corrected chi connectivity index (χ0v) is 13.3. The van der Waals surface area contributed by atoms with Gasteiger partial charge in [-0.1, -0.05) is 13.0 Å². The van der Waals surface area contributed by atoms with Crippen molar-refractivity contribution in [1.29, 1.82) is 0 Å². The topological polar surface area (TPSA) is 32.8 Å². The largest absolute Gasteiger partial charge is 0.378 e. The van der Waals surface area contributed by atoms with Gasteiger partial charge in [-0.3, -0.25) is 4.79 Å². The molecule has 1 heterocycles. The lowest BCUT2D eigenvalue weighted by atomic mass is 10.1. The summed E-state index contributed by atoms with van der Waals surface area (Å²) < 4.78 is 5.81. The van der Waals surface area contributed by atoms with Crippen LogP contribution in [0.2, 0.25) is 0 Å². The van der Waals surface area contributed by atoms with Crippen molar-refractivity contribution in [2.45, 2.75) is 32.3 Å². The average molecular weight is 290 g/mol. The number of carbonyl (C=O) groups is 1.